The first kappa shape index (κ1) is 17.2. The number of carbonyl (C=O) groups is 2. The molecule has 6 nitrogen and oxygen atoms in total. The fourth-order valence-corrected chi connectivity index (χ4v) is 2.01. The normalized spacial score (nSPS) is 11.0. The average Bonchev–Trinajstić information content (AvgIpc) is 2.56. The van der Waals surface area contributed by atoms with Gasteiger partial charge in [0.2, 0.25) is 0 Å². The Balaban J connectivity index is 2.01. The van der Waals surface area contributed by atoms with Gasteiger partial charge in [-0.3, -0.25) is 9.59 Å². The van der Waals surface area contributed by atoms with Crippen LogP contribution in [0.2, 0.25) is 0 Å². The molecule has 0 radical (unpaired) electrons. The van der Waals surface area contributed by atoms with Crippen LogP contribution in [-0.4, -0.2) is 22.6 Å². The van der Waals surface area contributed by atoms with Crippen LogP contribution in [0.25, 0.3) is 0 Å². The standard InChI is InChI=1S/C18H19N3O3/c1-11-4-7-14(8-5-11)19-17(23)18(24)21-20-13(3)15-10-12(2)6-9-16(15)22/h4-10,22H,1-3H3,(H,19,23)(H,21,24)/b20-13+. The number of amides is 2. The lowest BCUT2D eigenvalue weighted by molar-refractivity contribution is -0.136. The maximum Gasteiger partial charge on any atom is 0.329 e. The molecule has 0 aliphatic heterocycles. The SMILES string of the molecule is C/C(=N\NC(=O)C(=O)Nc1ccc(C)cc1)c1cc(C)ccc1O. The van der Waals surface area contributed by atoms with Crippen LogP contribution in [-0.2, 0) is 9.59 Å². The minimum atomic E-state index is -0.887. The van der Waals surface area contributed by atoms with Crippen LogP contribution in [0.3, 0.4) is 0 Å². The number of hydrogen-bond donors (Lipinski definition) is 3. The van der Waals surface area contributed by atoms with E-state index in [-0.39, 0.29) is 5.75 Å². The number of benzene rings is 2. The van der Waals surface area contributed by atoms with Gasteiger partial charge in [-0.25, -0.2) is 5.43 Å². The van der Waals surface area contributed by atoms with Crippen LogP contribution in [0, 0.1) is 13.8 Å². The molecule has 0 spiro atoms. The third-order valence-electron chi connectivity index (χ3n) is 3.38. The summed E-state index contributed by atoms with van der Waals surface area (Å²) in [7, 11) is 0. The first-order valence-corrected chi connectivity index (χ1v) is 7.39. The summed E-state index contributed by atoms with van der Waals surface area (Å²) in [6, 6.07) is 12.1. The van der Waals surface area contributed by atoms with E-state index < -0.39 is 11.8 Å². The van der Waals surface area contributed by atoms with Gasteiger partial charge in [0, 0.05) is 11.3 Å². The van der Waals surface area contributed by atoms with E-state index in [2.05, 4.69) is 15.8 Å². The third kappa shape index (κ3) is 4.42. The number of hydrazone groups is 1. The molecule has 3 N–H and O–H groups in total. The Morgan fingerprint density at radius 2 is 1.58 bits per heavy atom. The lowest BCUT2D eigenvalue weighted by atomic mass is 10.1. The molecule has 0 saturated carbocycles. The summed E-state index contributed by atoms with van der Waals surface area (Å²) in [5.41, 5.74) is 5.60. The number of aryl methyl sites for hydroxylation is 2. The molecule has 0 aliphatic rings. The molecular weight excluding hydrogens is 306 g/mol. The van der Waals surface area contributed by atoms with Crippen molar-refractivity contribution in [3.63, 3.8) is 0 Å². The van der Waals surface area contributed by atoms with E-state index in [1.54, 1.807) is 37.3 Å². The van der Waals surface area contributed by atoms with Crippen molar-refractivity contribution in [1.29, 1.82) is 0 Å². The molecule has 2 aromatic carbocycles. The molecule has 0 aromatic heterocycles. The zero-order valence-electron chi connectivity index (χ0n) is 13.8. The molecule has 2 aromatic rings. The summed E-state index contributed by atoms with van der Waals surface area (Å²) in [6.45, 7) is 5.44. The van der Waals surface area contributed by atoms with Gasteiger partial charge in [-0.1, -0.05) is 29.3 Å². The van der Waals surface area contributed by atoms with Crippen LogP contribution >= 0.6 is 0 Å². The predicted octanol–water partition coefficient (Wildman–Crippen LogP) is 2.49. The van der Waals surface area contributed by atoms with Crippen molar-refractivity contribution < 1.29 is 14.7 Å². The van der Waals surface area contributed by atoms with Crippen molar-refractivity contribution in [2.45, 2.75) is 20.8 Å². The second-order valence-electron chi connectivity index (χ2n) is 5.48. The van der Waals surface area contributed by atoms with Gasteiger partial charge < -0.3 is 10.4 Å². The van der Waals surface area contributed by atoms with Gasteiger partial charge in [-0.2, -0.15) is 5.10 Å². The second-order valence-corrected chi connectivity index (χ2v) is 5.48. The molecule has 124 valence electrons. The molecule has 24 heavy (non-hydrogen) atoms. The molecule has 2 amide bonds. The van der Waals surface area contributed by atoms with Gasteiger partial charge in [-0.05, 0) is 45.0 Å². The first-order valence-electron chi connectivity index (χ1n) is 7.39. The highest BCUT2D eigenvalue weighted by molar-refractivity contribution is 6.39. The number of phenols is 1. The maximum atomic E-state index is 11.8. The lowest BCUT2D eigenvalue weighted by Gasteiger charge is -2.07. The van der Waals surface area contributed by atoms with Gasteiger partial charge in [0.25, 0.3) is 0 Å². The summed E-state index contributed by atoms with van der Waals surface area (Å²) in [6.07, 6.45) is 0. The molecule has 0 fully saturated rings. The maximum absolute atomic E-state index is 11.8. The van der Waals surface area contributed by atoms with E-state index in [1.807, 2.05) is 26.0 Å². The Morgan fingerprint density at radius 1 is 0.958 bits per heavy atom. The van der Waals surface area contributed by atoms with E-state index in [0.29, 0.717) is 17.0 Å². The summed E-state index contributed by atoms with van der Waals surface area (Å²) >= 11 is 0. The largest absolute Gasteiger partial charge is 0.507 e. The minimum Gasteiger partial charge on any atom is -0.507 e. The Kier molecular flexibility index (Phi) is 5.31. The highest BCUT2D eigenvalue weighted by Crippen LogP contribution is 2.18. The number of phenolic OH excluding ortho intramolecular Hbond substituents is 1. The highest BCUT2D eigenvalue weighted by Gasteiger charge is 2.13. The molecule has 0 unspecified atom stereocenters. The number of aromatic hydroxyl groups is 1. The number of nitrogens with one attached hydrogen (secondary N) is 2. The quantitative estimate of drug-likeness (QED) is 0.460. The average molecular weight is 325 g/mol. The van der Waals surface area contributed by atoms with Crippen molar-refractivity contribution >= 4 is 23.2 Å². The molecule has 0 aliphatic carbocycles. The first-order chi connectivity index (χ1) is 11.4. The molecule has 0 heterocycles. The Labute approximate surface area is 140 Å². The van der Waals surface area contributed by atoms with Gasteiger partial charge in [0.1, 0.15) is 5.75 Å². The van der Waals surface area contributed by atoms with Crippen LogP contribution < -0.4 is 10.7 Å². The van der Waals surface area contributed by atoms with Crippen LogP contribution in [0.1, 0.15) is 23.6 Å². The predicted molar refractivity (Wildman–Crippen MR) is 93.0 cm³/mol. The lowest BCUT2D eigenvalue weighted by Crippen LogP contribution is -2.32. The number of nitrogens with zero attached hydrogens (tertiary/aromatic N) is 1. The van der Waals surface area contributed by atoms with Crippen LogP contribution in [0.4, 0.5) is 5.69 Å². The number of anilines is 1. The fraction of sp³-hybridized carbons (Fsp3) is 0.167. The van der Waals surface area contributed by atoms with Crippen LogP contribution in [0.15, 0.2) is 47.6 Å². The Bertz CT molecular complexity index is 796. The molecule has 2 rings (SSSR count). The summed E-state index contributed by atoms with van der Waals surface area (Å²) in [5, 5.41) is 16.2. The smallest absolute Gasteiger partial charge is 0.329 e. The topological polar surface area (TPSA) is 90.8 Å². The summed E-state index contributed by atoms with van der Waals surface area (Å²) in [4.78, 5) is 23.6. The van der Waals surface area contributed by atoms with Crippen molar-refractivity contribution in [2.24, 2.45) is 5.10 Å². The molecule has 0 saturated heterocycles. The van der Waals surface area contributed by atoms with E-state index in [0.717, 1.165) is 11.1 Å². The summed E-state index contributed by atoms with van der Waals surface area (Å²) < 4.78 is 0. The molecular formula is C18H19N3O3. The molecule has 6 heteroatoms. The van der Waals surface area contributed by atoms with Crippen molar-refractivity contribution in [3.8, 4) is 5.75 Å². The van der Waals surface area contributed by atoms with Crippen molar-refractivity contribution in [3.05, 3.63) is 59.2 Å². The fourth-order valence-electron chi connectivity index (χ4n) is 2.01. The number of hydrogen-bond acceptors (Lipinski definition) is 4. The highest BCUT2D eigenvalue weighted by atomic mass is 16.3. The van der Waals surface area contributed by atoms with Crippen molar-refractivity contribution in [2.75, 3.05) is 5.32 Å². The molecule has 0 atom stereocenters. The number of rotatable bonds is 3. The van der Waals surface area contributed by atoms with Gasteiger partial charge in [-0.15, -0.1) is 0 Å². The van der Waals surface area contributed by atoms with E-state index in [9.17, 15) is 14.7 Å². The van der Waals surface area contributed by atoms with E-state index >= 15 is 0 Å². The third-order valence-corrected chi connectivity index (χ3v) is 3.38. The van der Waals surface area contributed by atoms with E-state index in [1.165, 1.54) is 0 Å². The zero-order chi connectivity index (χ0) is 17.7. The van der Waals surface area contributed by atoms with Crippen molar-refractivity contribution in [1.82, 2.24) is 5.43 Å². The zero-order valence-corrected chi connectivity index (χ0v) is 13.8. The second kappa shape index (κ2) is 7.41. The van der Waals surface area contributed by atoms with Gasteiger partial charge in [0.15, 0.2) is 0 Å². The van der Waals surface area contributed by atoms with Gasteiger partial charge in [0.05, 0.1) is 5.71 Å². The monoisotopic (exact) mass is 325 g/mol. The van der Waals surface area contributed by atoms with Gasteiger partial charge >= 0.3 is 11.8 Å². The Morgan fingerprint density at radius 3 is 2.25 bits per heavy atom. The Hall–Kier alpha value is -3.15. The molecule has 0 bridgehead atoms. The van der Waals surface area contributed by atoms with E-state index in [4.69, 9.17) is 0 Å². The summed E-state index contributed by atoms with van der Waals surface area (Å²) in [5.74, 6) is -1.65. The van der Waals surface area contributed by atoms with Crippen LogP contribution in [0.5, 0.6) is 5.75 Å². The number of carbonyl (C=O) groups excluding carboxylic acids is 2. The minimum absolute atomic E-state index is 0.0557.